The third-order valence-corrected chi connectivity index (χ3v) is 10.2. The van der Waals surface area contributed by atoms with Gasteiger partial charge in [-0.2, -0.15) is 0 Å². The van der Waals surface area contributed by atoms with Crippen LogP contribution in [0.1, 0.15) is 59.3 Å². The molecule has 0 aliphatic rings. The average Bonchev–Trinajstić information content (AvgIpc) is 2.29. The molecule has 0 spiro atoms. The van der Waals surface area contributed by atoms with Gasteiger partial charge >= 0.3 is 115 Å². The molecule has 18 heavy (non-hydrogen) atoms. The van der Waals surface area contributed by atoms with Crippen molar-refractivity contribution < 1.29 is 28.9 Å². The van der Waals surface area contributed by atoms with Crippen LogP contribution in [0.2, 0.25) is 18.1 Å². The van der Waals surface area contributed by atoms with Crippen LogP contribution in [-0.2, 0) is 24.7 Å². The van der Waals surface area contributed by atoms with Crippen molar-refractivity contribution in [2.75, 3.05) is 0 Å². The van der Waals surface area contributed by atoms with Crippen LogP contribution >= 0.6 is 0 Å². The Morgan fingerprint density at radius 1 is 0.889 bits per heavy atom. The zero-order valence-electron chi connectivity index (χ0n) is 11.9. The van der Waals surface area contributed by atoms with Crippen LogP contribution in [0.15, 0.2) is 0 Å². The van der Waals surface area contributed by atoms with E-state index in [2.05, 4.69) is 20.8 Å². The van der Waals surface area contributed by atoms with Gasteiger partial charge in [-0.15, -0.1) is 0 Å². The Hall–Kier alpha value is 0.269. The van der Waals surface area contributed by atoms with Crippen LogP contribution in [0.4, 0.5) is 0 Å². The third-order valence-electron chi connectivity index (χ3n) is 3.24. The minimum atomic E-state index is -5.06. The van der Waals surface area contributed by atoms with Gasteiger partial charge in [0, 0.05) is 0 Å². The van der Waals surface area contributed by atoms with E-state index in [1.54, 1.807) is 0 Å². The fraction of sp³-hybridized carbons (Fsp3) is 1.00. The molecule has 110 valence electrons. The molecule has 0 aliphatic carbocycles. The van der Waals surface area contributed by atoms with E-state index in [0.29, 0.717) is 0 Å². The summed E-state index contributed by atoms with van der Waals surface area (Å²) in [6.07, 6.45) is 6.09. The molecule has 0 radical (unpaired) electrons. The topological polar surface area (TPSA) is 63.6 Å². The molecule has 4 nitrogen and oxygen atoms in total. The van der Waals surface area contributed by atoms with E-state index in [1.165, 1.54) is 0 Å². The minimum absolute atomic E-state index is 0.855. The van der Waals surface area contributed by atoms with Crippen LogP contribution in [-0.4, -0.2) is 12.5 Å². The molecule has 0 bridgehead atoms. The van der Waals surface area contributed by atoms with Crippen molar-refractivity contribution in [3.63, 3.8) is 0 Å². The first kappa shape index (κ1) is 18.3. The maximum atomic E-state index is 11.2. The van der Waals surface area contributed by atoms with Gasteiger partial charge in [-0.05, 0) is 0 Å². The third kappa shape index (κ3) is 8.38. The molecule has 0 aromatic carbocycles. The van der Waals surface area contributed by atoms with Crippen LogP contribution < -0.4 is 0 Å². The normalized spacial score (nSPS) is 12.9. The van der Waals surface area contributed by atoms with Gasteiger partial charge in [0.05, 0.1) is 0 Å². The summed E-state index contributed by atoms with van der Waals surface area (Å²) in [7, 11) is -2.30. The van der Waals surface area contributed by atoms with E-state index in [9.17, 15) is 7.61 Å². The van der Waals surface area contributed by atoms with Crippen LogP contribution in [0, 0.1) is 0 Å². The first-order valence-corrected chi connectivity index (χ1v) is 11.7. The predicted octanol–water partition coefficient (Wildman–Crippen LogP) is 4.02. The molecule has 0 saturated heterocycles. The molecule has 1 N–H and O–H groups in total. The van der Waals surface area contributed by atoms with Gasteiger partial charge in [-0.3, -0.25) is 0 Å². The Morgan fingerprint density at radius 2 is 1.22 bits per heavy atom. The molecule has 0 unspecified atom stereocenters. The molecule has 0 aromatic heterocycles. The summed E-state index contributed by atoms with van der Waals surface area (Å²) >= 11 is -5.06. The SMILES string of the molecule is CCCC[Si](CCCC)(CCCC)[O][Cr](=[O])(=[O])[OH]. The van der Waals surface area contributed by atoms with Gasteiger partial charge in [0.2, 0.25) is 0 Å². The molecular formula is C12H28CrO4Si. The standard InChI is InChI=1S/C12H27OSi.Cr.H2O.2O/c1-4-7-10-14(13,11-8-5-2)12-9-6-3;;;;/h4-12H2,1-3H3;;1H2;;/q-1;+2;;;/p-1. The van der Waals surface area contributed by atoms with Gasteiger partial charge in [-0.25, -0.2) is 0 Å². The number of rotatable bonds is 11. The molecule has 0 rings (SSSR count). The second-order valence-electron chi connectivity index (χ2n) is 5.00. The van der Waals surface area contributed by atoms with Crippen molar-refractivity contribution in [3.05, 3.63) is 0 Å². The maximum absolute atomic E-state index is 11.2. The summed E-state index contributed by atoms with van der Waals surface area (Å²) in [5.74, 6) is 0. The Kier molecular flexibility index (Phi) is 9.36. The zero-order chi connectivity index (χ0) is 14.1. The van der Waals surface area contributed by atoms with Gasteiger partial charge in [0.25, 0.3) is 0 Å². The fourth-order valence-corrected chi connectivity index (χ4v) is 9.92. The van der Waals surface area contributed by atoms with E-state index < -0.39 is 21.9 Å². The summed E-state index contributed by atoms with van der Waals surface area (Å²) in [4.78, 5) is 0. The van der Waals surface area contributed by atoms with Crippen molar-refractivity contribution >= 4 is 8.32 Å². The monoisotopic (exact) mass is 316 g/mol. The molecule has 0 aliphatic heterocycles. The van der Waals surface area contributed by atoms with Crippen molar-refractivity contribution in [1.82, 2.24) is 0 Å². The first-order chi connectivity index (χ1) is 8.39. The van der Waals surface area contributed by atoms with E-state index in [4.69, 9.17) is 7.64 Å². The molecule has 0 fully saturated rings. The molecule has 0 aromatic rings. The van der Waals surface area contributed by atoms with Crippen molar-refractivity contribution in [2.45, 2.75) is 77.4 Å². The van der Waals surface area contributed by atoms with Crippen LogP contribution in [0.25, 0.3) is 0 Å². The molecule has 6 heteroatoms. The molecular weight excluding hydrogens is 288 g/mol. The van der Waals surface area contributed by atoms with Crippen molar-refractivity contribution in [2.24, 2.45) is 0 Å². The van der Waals surface area contributed by atoms with E-state index in [0.717, 1.165) is 56.7 Å². The van der Waals surface area contributed by atoms with E-state index in [-0.39, 0.29) is 0 Å². The second-order valence-corrected chi connectivity index (χ2v) is 11.2. The fourth-order valence-electron chi connectivity index (χ4n) is 2.22. The van der Waals surface area contributed by atoms with Gasteiger partial charge in [0.1, 0.15) is 0 Å². The van der Waals surface area contributed by atoms with Gasteiger partial charge in [-0.1, -0.05) is 0 Å². The Labute approximate surface area is 115 Å². The summed E-state index contributed by atoms with van der Waals surface area (Å²) < 4.78 is 36.7. The van der Waals surface area contributed by atoms with E-state index >= 15 is 0 Å². The van der Waals surface area contributed by atoms with Gasteiger partial charge < -0.3 is 0 Å². The summed E-state index contributed by atoms with van der Waals surface area (Å²) in [6, 6.07) is 2.56. The molecule has 0 amide bonds. The summed E-state index contributed by atoms with van der Waals surface area (Å²) in [5.41, 5.74) is 0. The molecule has 0 atom stereocenters. The molecule has 0 saturated carbocycles. The van der Waals surface area contributed by atoms with Gasteiger partial charge in [0.15, 0.2) is 0 Å². The summed E-state index contributed by atoms with van der Waals surface area (Å²) in [6.45, 7) is 6.29. The van der Waals surface area contributed by atoms with Crippen molar-refractivity contribution in [1.29, 1.82) is 0 Å². The summed E-state index contributed by atoms with van der Waals surface area (Å²) in [5, 5.41) is 0. The second kappa shape index (κ2) is 9.22. The Morgan fingerprint density at radius 3 is 1.44 bits per heavy atom. The molecule has 0 heterocycles. The average molecular weight is 316 g/mol. The quantitative estimate of drug-likeness (QED) is 0.585. The number of hydrogen-bond acceptors (Lipinski definition) is 3. The van der Waals surface area contributed by atoms with E-state index in [1.807, 2.05) is 0 Å². The predicted molar refractivity (Wildman–Crippen MR) is 69.6 cm³/mol. The number of hydrogen-bond donors (Lipinski definition) is 1. The van der Waals surface area contributed by atoms with Crippen LogP contribution in [0.5, 0.6) is 0 Å². The number of unbranched alkanes of at least 4 members (excludes halogenated alkanes) is 3. The Balaban J connectivity index is 4.84. The first-order valence-electron chi connectivity index (χ1n) is 7.07. The van der Waals surface area contributed by atoms with Crippen LogP contribution in [0.3, 0.4) is 0 Å². The Bertz CT molecular complexity index is 281. The zero-order valence-corrected chi connectivity index (χ0v) is 14.2. The van der Waals surface area contributed by atoms with Crippen molar-refractivity contribution in [3.8, 4) is 0 Å².